The third kappa shape index (κ3) is 3.32. The number of carbonyl (C=O) groups excluding carboxylic acids is 1. The van der Waals surface area contributed by atoms with Crippen LogP contribution in [0.2, 0.25) is 5.02 Å². The lowest BCUT2D eigenvalue weighted by atomic mass is 9.88. The van der Waals surface area contributed by atoms with Gasteiger partial charge in [-0.1, -0.05) is 18.5 Å². The van der Waals surface area contributed by atoms with Gasteiger partial charge >= 0.3 is 0 Å². The molecular formula is C20H22ClN3O3S. The van der Waals surface area contributed by atoms with Crippen molar-refractivity contribution in [3.05, 3.63) is 57.9 Å². The van der Waals surface area contributed by atoms with Crippen molar-refractivity contribution in [2.24, 2.45) is 0 Å². The lowest BCUT2D eigenvalue weighted by molar-refractivity contribution is 0.0990. The number of amides is 1. The molecule has 1 aromatic carbocycles. The molecule has 2 aromatic rings. The van der Waals surface area contributed by atoms with Crippen molar-refractivity contribution < 1.29 is 13.2 Å². The number of benzene rings is 1. The second-order valence-electron chi connectivity index (χ2n) is 7.39. The van der Waals surface area contributed by atoms with Crippen LogP contribution in [-0.2, 0) is 16.4 Å². The highest BCUT2D eigenvalue weighted by Gasteiger charge is 2.39. The Morgan fingerprint density at radius 2 is 2.07 bits per heavy atom. The molecule has 1 aliphatic carbocycles. The number of nitrogens with one attached hydrogen (secondary N) is 1. The van der Waals surface area contributed by atoms with Crippen molar-refractivity contribution in [1.82, 2.24) is 9.71 Å². The number of nitrogens with zero attached hydrogens (tertiary/aromatic N) is 2. The van der Waals surface area contributed by atoms with Gasteiger partial charge in [-0.3, -0.25) is 14.7 Å². The summed E-state index contributed by atoms with van der Waals surface area (Å²) in [6.07, 6.45) is 7.68. The van der Waals surface area contributed by atoms with E-state index < -0.39 is 10.0 Å². The van der Waals surface area contributed by atoms with Crippen LogP contribution in [-0.4, -0.2) is 25.6 Å². The van der Waals surface area contributed by atoms with Gasteiger partial charge in [0.2, 0.25) is 10.0 Å². The van der Waals surface area contributed by atoms with Gasteiger partial charge < -0.3 is 0 Å². The number of rotatable bonds is 4. The lowest BCUT2D eigenvalue weighted by Crippen LogP contribution is -2.33. The Labute approximate surface area is 170 Å². The number of sulfonamides is 1. The second kappa shape index (κ2) is 7.13. The first-order valence-corrected chi connectivity index (χ1v) is 11.6. The number of carbonyl (C=O) groups is 1. The zero-order chi connectivity index (χ0) is 20.1. The van der Waals surface area contributed by atoms with Gasteiger partial charge in [0.1, 0.15) is 0 Å². The highest BCUT2D eigenvalue weighted by molar-refractivity contribution is 7.88. The molecule has 1 N–H and O–H groups in total. The smallest absolute Gasteiger partial charge is 0.259 e. The number of hydrogen-bond donors (Lipinski definition) is 1. The molecule has 28 heavy (non-hydrogen) atoms. The van der Waals surface area contributed by atoms with Gasteiger partial charge in [0, 0.05) is 22.8 Å². The van der Waals surface area contributed by atoms with E-state index in [1.807, 2.05) is 13.0 Å². The summed E-state index contributed by atoms with van der Waals surface area (Å²) >= 11 is 6.18. The third-order valence-electron chi connectivity index (χ3n) is 5.50. The first kappa shape index (κ1) is 19.4. The largest absolute Gasteiger partial charge is 0.299 e. The molecule has 4 rings (SSSR count). The molecule has 0 fully saturated rings. The normalized spacial score (nSPS) is 21.5. The standard InChI is InChI=1S/C20H22ClN3O3S/c1-3-18-15-9-12(21)7-8-14(15)20(25)24(18)19-11-22-10-16-13(19)5-4-6-17(16)23-28(2,26)27/h7-11,17-18,23H,3-6H2,1-2H3/t17-,18+/m1/s1. The summed E-state index contributed by atoms with van der Waals surface area (Å²) in [7, 11) is -3.35. The highest BCUT2D eigenvalue weighted by Crippen LogP contribution is 2.44. The van der Waals surface area contributed by atoms with Crippen molar-refractivity contribution in [1.29, 1.82) is 0 Å². The molecule has 0 spiro atoms. The van der Waals surface area contributed by atoms with E-state index in [1.165, 1.54) is 0 Å². The Kier molecular flexibility index (Phi) is 4.93. The molecule has 0 saturated carbocycles. The van der Waals surface area contributed by atoms with Crippen LogP contribution >= 0.6 is 11.6 Å². The van der Waals surface area contributed by atoms with E-state index in [0.717, 1.165) is 47.9 Å². The molecule has 6 nitrogen and oxygen atoms in total. The van der Waals surface area contributed by atoms with Crippen LogP contribution in [0, 0.1) is 0 Å². The van der Waals surface area contributed by atoms with E-state index in [0.29, 0.717) is 17.0 Å². The number of aromatic nitrogens is 1. The summed E-state index contributed by atoms with van der Waals surface area (Å²) in [5, 5.41) is 0.609. The van der Waals surface area contributed by atoms with Crippen molar-refractivity contribution in [3.63, 3.8) is 0 Å². The molecule has 148 valence electrons. The van der Waals surface area contributed by atoms with Crippen LogP contribution in [0.15, 0.2) is 30.6 Å². The highest BCUT2D eigenvalue weighted by atomic mass is 35.5. The van der Waals surface area contributed by atoms with Crippen LogP contribution < -0.4 is 9.62 Å². The second-order valence-corrected chi connectivity index (χ2v) is 9.61. The minimum Gasteiger partial charge on any atom is -0.299 e. The fourth-order valence-corrected chi connectivity index (χ4v) is 5.33. The lowest BCUT2D eigenvalue weighted by Gasteiger charge is -2.32. The molecular weight excluding hydrogens is 398 g/mol. The van der Waals surface area contributed by atoms with E-state index >= 15 is 0 Å². The van der Waals surface area contributed by atoms with Crippen molar-refractivity contribution in [2.75, 3.05) is 11.2 Å². The van der Waals surface area contributed by atoms with Crippen LogP contribution in [0.4, 0.5) is 5.69 Å². The topological polar surface area (TPSA) is 79.4 Å². The van der Waals surface area contributed by atoms with Gasteiger partial charge in [-0.25, -0.2) is 13.1 Å². The van der Waals surface area contributed by atoms with E-state index in [4.69, 9.17) is 11.6 Å². The van der Waals surface area contributed by atoms with Gasteiger partial charge in [0.05, 0.1) is 24.2 Å². The Morgan fingerprint density at radius 3 is 2.79 bits per heavy atom. The minimum absolute atomic E-state index is 0.0630. The Hall–Kier alpha value is -1.96. The monoisotopic (exact) mass is 419 g/mol. The summed E-state index contributed by atoms with van der Waals surface area (Å²) < 4.78 is 26.3. The number of pyridine rings is 1. The number of halogens is 1. The quantitative estimate of drug-likeness (QED) is 0.817. The van der Waals surface area contributed by atoms with Crippen molar-refractivity contribution in [3.8, 4) is 0 Å². The van der Waals surface area contributed by atoms with E-state index in [2.05, 4.69) is 9.71 Å². The zero-order valence-electron chi connectivity index (χ0n) is 15.8. The van der Waals surface area contributed by atoms with E-state index in [1.54, 1.807) is 29.4 Å². The summed E-state index contributed by atoms with van der Waals surface area (Å²) in [5.41, 5.74) is 4.20. The SMILES string of the molecule is CC[C@H]1c2cc(Cl)ccc2C(=O)N1c1cncc2c1CCC[C@H]2NS(C)(=O)=O. The Bertz CT molecular complexity index is 1050. The molecule has 1 amide bonds. The average Bonchev–Trinajstić information content (AvgIpc) is 2.91. The summed E-state index contributed by atoms with van der Waals surface area (Å²) in [6, 6.07) is 4.94. The molecule has 8 heteroatoms. The average molecular weight is 420 g/mol. The molecule has 2 atom stereocenters. The fraction of sp³-hybridized carbons (Fsp3) is 0.400. The van der Waals surface area contributed by atoms with E-state index in [9.17, 15) is 13.2 Å². The first-order valence-electron chi connectivity index (χ1n) is 9.37. The molecule has 1 aliphatic heterocycles. The van der Waals surface area contributed by atoms with Gasteiger partial charge in [0.15, 0.2) is 0 Å². The van der Waals surface area contributed by atoms with Crippen molar-refractivity contribution >= 4 is 33.2 Å². The minimum atomic E-state index is -3.35. The molecule has 0 unspecified atom stereocenters. The summed E-state index contributed by atoms with van der Waals surface area (Å²) in [5.74, 6) is -0.0630. The Morgan fingerprint density at radius 1 is 1.29 bits per heavy atom. The van der Waals surface area contributed by atoms with Gasteiger partial charge in [-0.05, 0) is 60.6 Å². The number of fused-ring (bicyclic) bond motifs is 2. The van der Waals surface area contributed by atoms with Crippen molar-refractivity contribution in [2.45, 2.75) is 44.7 Å². The molecule has 0 bridgehead atoms. The Balaban J connectivity index is 1.81. The third-order valence-corrected chi connectivity index (χ3v) is 6.45. The van der Waals surface area contributed by atoms with Crippen LogP contribution in [0.1, 0.15) is 65.3 Å². The maximum absolute atomic E-state index is 13.2. The first-order chi connectivity index (χ1) is 13.3. The van der Waals surface area contributed by atoms with E-state index in [-0.39, 0.29) is 18.0 Å². The zero-order valence-corrected chi connectivity index (χ0v) is 17.3. The maximum Gasteiger partial charge on any atom is 0.259 e. The molecule has 1 aromatic heterocycles. The maximum atomic E-state index is 13.2. The summed E-state index contributed by atoms with van der Waals surface area (Å²) in [4.78, 5) is 19.4. The van der Waals surface area contributed by atoms with Gasteiger partial charge in [0.25, 0.3) is 5.91 Å². The number of hydrogen-bond acceptors (Lipinski definition) is 4. The van der Waals surface area contributed by atoms with Crippen LogP contribution in [0.3, 0.4) is 0 Å². The molecule has 0 saturated heterocycles. The van der Waals surface area contributed by atoms with Gasteiger partial charge in [-0.2, -0.15) is 0 Å². The van der Waals surface area contributed by atoms with Crippen LogP contribution in [0.5, 0.6) is 0 Å². The van der Waals surface area contributed by atoms with Gasteiger partial charge in [-0.15, -0.1) is 0 Å². The predicted molar refractivity (Wildman–Crippen MR) is 109 cm³/mol. The number of anilines is 1. The summed E-state index contributed by atoms with van der Waals surface area (Å²) in [6.45, 7) is 2.04. The molecule has 2 heterocycles. The molecule has 0 radical (unpaired) electrons. The fourth-order valence-electron chi connectivity index (χ4n) is 4.39. The van der Waals surface area contributed by atoms with Crippen LogP contribution in [0.25, 0.3) is 0 Å². The molecule has 2 aliphatic rings. The predicted octanol–water partition coefficient (Wildman–Crippen LogP) is 3.77.